The molecular formula is C17H15Cl2NO2. The van der Waals surface area contributed by atoms with E-state index >= 15 is 0 Å². The number of hydrogen-bond donors (Lipinski definition) is 1. The Hall–Kier alpha value is -1.97. The molecule has 1 N–H and O–H groups in total. The Morgan fingerprint density at radius 1 is 1.18 bits per heavy atom. The van der Waals surface area contributed by atoms with Crippen molar-refractivity contribution in [3.05, 3.63) is 63.6 Å². The van der Waals surface area contributed by atoms with E-state index in [0.29, 0.717) is 21.5 Å². The van der Waals surface area contributed by atoms with Crippen molar-refractivity contribution in [3.63, 3.8) is 0 Å². The Labute approximate surface area is 139 Å². The minimum absolute atomic E-state index is 0.284. The first-order valence-corrected chi connectivity index (χ1v) is 7.34. The smallest absolute Gasteiger partial charge is 0.248 e. The minimum atomic E-state index is -0.284. The van der Waals surface area contributed by atoms with Crippen molar-refractivity contribution in [2.24, 2.45) is 0 Å². The van der Waals surface area contributed by atoms with Gasteiger partial charge in [-0.3, -0.25) is 4.79 Å². The van der Waals surface area contributed by atoms with Gasteiger partial charge < -0.3 is 10.1 Å². The zero-order valence-corrected chi connectivity index (χ0v) is 13.7. The number of benzene rings is 2. The Balaban J connectivity index is 2.13. The molecule has 1 amide bonds. The van der Waals surface area contributed by atoms with E-state index in [9.17, 15) is 4.79 Å². The number of amides is 1. The molecule has 0 unspecified atom stereocenters. The maximum atomic E-state index is 12.0. The lowest BCUT2D eigenvalue weighted by Crippen LogP contribution is -2.08. The van der Waals surface area contributed by atoms with E-state index < -0.39 is 0 Å². The van der Waals surface area contributed by atoms with E-state index in [1.807, 2.05) is 25.1 Å². The molecule has 0 radical (unpaired) electrons. The van der Waals surface area contributed by atoms with Crippen LogP contribution in [0.4, 0.5) is 5.69 Å². The van der Waals surface area contributed by atoms with Crippen LogP contribution in [0.3, 0.4) is 0 Å². The third-order valence-electron chi connectivity index (χ3n) is 2.99. The van der Waals surface area contributed by atoms with Gasteiger partial charge in [-0.15, -0.1) is 0 Å². The zero-order valence-electron chi connectivity index (χ0n) is 12.2. The molecule has 2 aromatic carbocycles. The van der Waals surface area contributed by atoms with Gasteiger partial charge in [0, 0.05) is 16.7 Å². The molecule has 0 saturated carbocycles. The highest BCUT2D eigenvalue weighted by Crippen LogP contribution is 2.25. The Bertz CT molecular complexity index is 727. The number of carbonyl (C=O) groups excluding carboxylic acids is 1. The zero-order chi connectivity index (χ0) is 16.1. The summed E-state index contributed by atoms with van der Waals surface area (Å²) >= 11 is 11.8. The summed E-state index contributed by atoms with van der Waals surface area (Å²) in [7, 11) is 1.59. The van der Waals surface area contributed by atoms with Crippen LogP contribution in [0, 0.1) is 6.92 Å². The van der Waals surface area contributed by atoms with Crippen molar-refractivity contribution >= 4 is 40.9 Å². The van der Waals surface area contributed by atoms with Gasteiger partial charge in [-0.25, -0.2) is 0 Å². The van der Waals surface area contributed by atoms with Gasteiger partial charge in [-0.05, 0) is 43.3 Å². The molecule has 0 bridgehead atoms. The average molecular weight is 336 g/mol. The molecule has 0 aliphatic heterocycles. The highest BCUT2D eigenvalue weighted by molar-refractivity contribution is 6.36. The van der Waals surface area contributed by atoms with Crippen molar-refractivity contribution in [1.29, 1.82) is 0 Å². The van der Waals surface area contributed by atoms with E-state index in [2.05, 4.69) is 5.32 Å². The Kier molecular flexibility index (Phi) is 5.47. The summed E-state index contributed by atoms with van der Waals surface area (Å²) in [6.07, 6.45) is 3.13. The number of ether oxygens (including phenoxy) is 1. The van der Waals surface area contributed by atoms with Gasteiger partial charge in [-0.1, -0.05) is 34.8 Å². The summed E-state index contributed by atoms with van der Waals surface area (Å²) in [5, 5.41) is 3.61. The van der Waals surface area contributed by atoms with Crippen LogP contribution >= 0.6 is 23.2 Å². The summed E-state index contributed by atoms with van der Waals surface area (Å²) in [6, 6.07) is 10.6. The predicted octanol–water partition coefficient (Wildman–Crippen LogP) is 4.96. The molecule has 0 aromatic heterocycles. The lowest BCUT2D eigenvalue weighted by Gasteiger charge is -2.06. The molecule has 114 valence electrons. The van der Waals surface area contributed by atoms with E-state index in [1.165, 1.54) is 6.08 Å². The lowest BCUT2D eigenvalue weighted by molar-refractivity contribution is -0.111. The maximum Gasteiger partial charge on any atom is 0.248 e. The van der Waals surface area contributed by atoms with Gasteiger partial charge in [-0.2, -0.15) is 0 Å². The number of methoxy groups -OCH3 is 1. The molecule has 5 heteroatoms. The van der Waals surface area contributed by atoms with Crippen LogP contribution in [0.25, 0.3) is 6.08 Å². The highest BCUT2D eigenvalue weighted by Gasteiger charge is 2.05. The monoisotopic (exact) mass is 335 g/mol. The van der Waals surface area contributed by atoms with E-state index in [0.717, 1.165) is 11.1 Å². The SMILES string of the molecule is COc1ccc(C)cc1/C=C/C(=O)Nc1ccc(Cl)cc1Cl. The number of hydrogen-bond acceptors (Lipinski definition) is 2. The number of halogens is 2. The van der Waals surface area contributed by atoms with Crippen LogP contribution in [-0.4, -0.2) is 13.0 Å². The lowest BCUT2D eigenvalue weighted by atomic mass is 10.1. The van der Waals surface area contributed by atoms with Gasteiger partial charge in [0.2, 0.25) is 5.91 Å². The fraction of sp³-hybridized carbons (Fsp3) is 0.118. The van der Waals surface area contributed by atoms with Crippen molar-refractivity contribution in [3.8, 4) is 5.75 Å². The fourth-order valence-corrected chi connectivity index (χ4v) is 2.37. The number of aryl methyl sites for hydroxylation is 1. The van der Waals surface area contributed by atoms with Crippen molar-refractivity contribution in [2.75, 3.05) is 12.4 Å². The Morgan fingerprint density at radius 2 is 1.95 bits per heavy atom. The summed E-state index contributed by atoms with van der Waals surface area (Å²) < 4.78 is 5.26. The average Bonchev–Trinajstić information content (AvgIpc) is 2.48. The first-order valence-electron chi connectivity index (χ1n) is 6.58. The molecule has 0 fully saturated rings. The second-order valence-corrected chi connectivity index (χ2v) is 5.54. The van der Waals surface area contributed by atoms with Gasteiger partial charge >= 0.3 is 0 Å². The molecule has 3 nitrogen and oxygen atoms in total. The molecular weight excluding hydrogens is 321 g/mol. The maximum absolute atomic E-state index is 12.0. The van der Waals surface area contributed by atoms with Crippen molar-refractivity contribution in [1.82, 2.24) is 0 Å². The normalized spacial score (nSPS) is 10.7. The molecule has 0 aliphatic rings. The molecule has 2 rings (SSSR count). The predicted molar refractivity (Wildman–Crippen MR) is 91.9 cm³/mol. The van der Waals surface area contributed by atoms with Crippen LogP contribution in [0.5, 0.6) is 5.75 Å². The summed E-state index contributed by atoms with van der Waals surface area (Å²) in [5.74, 6) is 0.423. The molecule has 0 heterocycles. The molecule has 0 spiro atoms. The standard InChI is InChI=1S/C17H15Cl2NO2/c1-11-3-7-16(22-2)12(9-11)4-8-17(21)20-15-6-5-13(18)10-14(15)19/h3-10H,1-2H3,(H,20,21)/b8-4+. The molecule has 22 heavy (non-hydrogen) atoms. The van der Waals surface area contributed by atoms with Crippen LogP contribution < -0.4 is 10.1 Å². The second-order valence-electron chi connectivity index (χ2n) is 4.69. The molecule has 0 atom stereocenters. The minimum Gasteiger partial charge on any atom is -0.496 e. The second kappa shape index (κ2) is 7.34. The number of carbonyl (C=O) groups is 1. The van der Waals surface area contributed by atoms with Crippen LogP contribution in [-0.2, 0) is 4.79 Å². The van der Waals surface area contributed by atoms with Gasteiger partial charge in [0.25, 0.3) is 0 Å². The van der Waals surface area contributed by atoms with Gasteiger partial charge in [0.05, 0.1) is 17.8 Å². The first-order chi connectivity index (χ1) is 10.5. The van der Waals surface area contributed by atoms with Gasteiger partial charge in [0.15, 0.2) is 0 Å². The quantitative estimate of drug-likeness (QED) is 0.801. The summed E-state index contributed by atoms with van der Waals surface area (Å²) in [4.78, 5) is 12.0. The van der Waals surface area contributed by atoms with E-state index in [-0.39, 0.29) is 5.91 Å². The van der Waals surface area contributed by atoms with Crippen LogP contribution in [0.2, 0.25) is 10.0 Å². The number of anilines is 1. The third-order valence-corrected chi connectivity index (χ3v) is 3.54. The van der Waals surface area contributed by atoms with Gasteiger partial charge in [0.1, 0.15) is 5.75 Å². The molecule has 0 saturated heterocycles. The molecule has 2 aromatic rings. The topological polar surface area (TPSA) is 38.3 Å². The van der Waals surface area contributed by atoms with Crippen LogP contribution in [0.15, 0.2) is 42.5 Å². The third kappa shape index (κ3) is 4.26. The Morgan fingerprint density at radius 3 is 2.64 bits per heavy atom. The number of rotatable bonds is 4. The largest absolute Gasteiger partial charge is 0.496 e. The van der Waals surface area contributed by atoms with Crippen molar-refractivity contribution < 1.29 is 9.53 Å². The first kappa shape index (κ1) is 16.4. The summed E-state index contributed by atoms with van der Waals surface area (Å²) in [5.41, 5.74) is 2.43. The highest BCUT2D eigenvalue weighted by atomic mass is 35.5. The van der Waals surface area contributed by atoms with E-state index in [4.69, 9.17) is 27.9 Å². The molecule has 0 aliphatic carbocycles. The van der Waals surface area contributed by atoms with E-state index in [1.54, 1.807) is 31.4 Å². The summed E-state index contributed by atoms with van der Waals surface area (Å²) in [6.45, 7) is 1.98. The van der Waals surface area contributed by atoms with Crippen molar-refractivity contribution in [2.45, 2.75) is 6.92 Å². The number of nitrogens with one attached hydrogen (secondary N) is 1. The van der Waals surface area contributed by atoms with Crippen LogP contribution in [0.1, 0.15) is 11.1 Å². The fourth-order valence-electron chi connectivity index (χ4n) is 1.91.